The van der Waals surface area contributed by atoms with E-state index >= 15 is 0 Å². The van der Waals surface area contributed by atoms with Crippen LogP contribution in [0.3, 0.4) is 0 Å². The Morgan fingerprint density at radius 2 is 1.76 bits per heavy atom. The molecule has 0 unspecified atom stereocenters. The zero-order valence-corrected chi connectivity index (χ0v) is 15.1. The fourth-order valence-corrected chi connectivity index (χ4v) is 2.32. The molecule has 0 atom stereocenters. The number of hydrogen-bond acceptors (Lipinski definition) is 8. The van der Waals surface area contributed by atoms with Crippen molar-refractivity contribution in [3.05, 3.63) is 64.2 Å². The molecule has 1 aromatic heterocycles. The van der Waals surface area contributed by atoms with Crippen molar-refractivity contribution in [2.24, 2.45) is 0 Å². The van der Waals surface area contributed by atoms with Crippen LogP contribution < -0.4 is 10.6 Å². The van der Waals surface area contributed by atoms with Crippen LogP contribution in [0.4, 0.5) is 17.4 Å². The first kappa shape index (κ1) is 19.6. The number of nitro groups is 1. The van der Waals surface area contributed by atoms with Gasteiger partial charge in [-0.3, -0.25) is 25.0 Å². The minimum Gasteiger partial charge on any atom is -0.403 e. The number of non-ortho nitro benzene ring substituents is 1. The lowest BCUT2D eigenvalue weighted by molar-refractivity contribution is -0.384. The van der Waals surface area contributed by atoms with E-state index in [-0.39, 0.29) is 30.1 Å². The maximum atomic E-state index is 12.3. The maximum Gasteiger partial charge on any atom is 0.322 e. The number of methoxy groups -OCH3 is 1. The van der Waals surface area contributed by atoms with Gasteiger partial charge in [-0.15, -0.1) is 5.10 Å². The van der Waals surface area contributed by atoms with E-state index in [9.17, 15) is 19.7 Å². The van der Waals surface area contributed by atoms with Crippen molar-refractivity contribution in [3.8, 4) is 11.5 Å². The molecule has 0 fully saturated rings. The summed E-state index contributed by atoms with van der Waals surface area (Å²) in [7, 11) is 1.41. The Balaban J connectivity index is 1.64. The Kier molecular flexibility index (Phi) is 5.90. The highest BCUT2D eigenvalue weighted by molar-refractivity contribution is 6.03. The molecule has 2 amide bonds. The van der Waals surface area contributed by atoms with Gasteiger partial charge in [0.05, 0.1) is 4.92 Å². The fourth-order valence-electron chi connectivity index (χ4n) is 2.32. The van der Waals surface area contributed by atoms with E-state index < -0.39 is 10.8 Å². The van der Waals surface area contributed by atoms with Gasteiger partial charge in [0.1, 0.15) is 6.61 Å². The largest absolute Gasteiger partial charge is 0.403 e. The Morgan fingerprint density at radius 3 is 2.38 bits per heavy atom. The lowest BCUT2D eigenvalue weighted by Gasteiger charge is -2.05. The van der Waals surface area contributed by atoms with Crippen LogP contribution in [-0.4, -0.2) is 40.7 Å². The first-order valence-electron chi connectivity index (χ1n) is 8.25. The molecule has 1 heterocycles. The van der Waals surface area contributed by atoms with Gasteiger partial charge in [-0.05, 0) is 36.4 Å². The summed E-state index contributed by atoms with van der Waals surface area (Å²) in [4.78, 5) is 33.9. The number of rotatable bonds is 7. The quantitative estimate of drug-likeness (QED) is 0.456. The molecule has 0 bridgehead atoms. The first-order chi connectivity index (χ1) is 14.0. The van der Waals surface area contributed by atoms with E-state index in [4.69, 9.17) is 9.15 Å². The van der Waals surface area contributed by atoms with Crippen LogP contribution in [0.1, 0.15) is 10.4 Å². The van der Waals surface area contributed by atoms with E-state index in [0.29, 0.717) is 16.8 Å². The van der Waals surface area contributed by atoms with Crippen LogP contribution in [0.2, 0.25) is 0 Å². The number of nitrogens with one attached hydrogen (secondary N) is 2. The smallest absolute Gasteiger partial charge is 0.322 e. The number of anilines is 2. The molecule has 0 aliphatic heterocycles. The summed E-state index contributed by atoms with van der Waals surface area (Å²) in [6.45, 7) is -0.0729. The van der Waals surface area contributed by atoms with Crippen molar-refractivity contribution in [2.75, 3.05) is 24.4 Å². The molecule has 29 heavy (non-hydrogen) atoms. The summed E-state index contributed by atoms with van der Waals surface area (Å²) < 4.78 is 10.1. The normalized spacial score (nSPS) is 10.4. The molecule has 3 aromatic rings. The lowest BCUT2D eigenvalue weighted by Crippen LogP contribution is -2.17. The first-order valence-corrected chi connectivity index (χ1v) is 8.25. The van der Waals surface area contributed by atoms with Crippen molar-refractivity contribution < 1.29 is 23.7 Å². The minimum atomic E-state index is -0.516. The number of benzene rings is 2. The molecule has 2 N–H and O–H groups in total. The molecule has 0 saturated heterocycles. The van der Waals surface area contributed by atoms with Crippen LogP contribution in [0.5, 0.6) is 0 Å². The van der Waals surface area contributed by atoms with Gasteiger partial charge < -0.3 is 14.5 Å². The fraction of sp³-hybridized carbons (Fsp3) is 0.111. The molecule has 0 aliphatic rings. The molecule has 0 spiro atoms. The summed E-state index contributed by atoms with van der Waals surface area (Å²) in [5.74, 6) is -0.695. The highest BCUT2D eigenvalue weighted by Crippen LogP contribution is 2.23. The van der Waals surface area contributed by atoms with Gasteiger partial charge in [-0.1, -0.05) is 5.10 Å². The SMILES string of the molecule is COCC(=O)Nc1ccc(C(=O)Nc2nnc(-c3ccc([N+](=O)[O-])cc3)o2)cc1. The number of carbonyl (C=O) groups excluding carboxylic acids is 2. The van der Waals surface area contributed by atoms with Gasteiger partial charge in [0.2, 0.25) is 11.8 Å². The Bertz CT molecular complexity index is 1030. The third kappa shape index (κ3) is 4.99. The van der Waals surface area contributed by atoms with Gasteiger partial charge >= 0.3 is 6.01 Å². The highest BCUT2D eigenvalue weighted by atomic mass is 16.6. The second kappa shape index (κ2) is 8.71. The maximum absolute atomic E-state index is 12.3. The van der Waals surface area contributed by atoms with E-state index in [2.05, 4.69) is 20.8 Å². The van der Waals surface area contributed by atoms with Gasteiger partial charge in [0, 0.05) is 36.1 Å². The van der Waals surface area contributed by atoms with Crippen LogP contribution >= 0.6 is 0 Å². The monoisotopic (exact) mass is 397 g/mol. The topological polar surface area (TPSA) is 149 Å². The second-order valence-electron chi connectivity index (χ2n) is 5.73. The number of aromatic nitrogens is 2. The Morgan fingerprint density at radius 1 is 1.07 bits per heavy atom. The average molecular weight is 397 g/mol. The summed E-state index contributed by atoms with van der Waals surface area (Å²) in [5.41, 5.74) is 1.23. The minimum absolute atomic E-state index is 0.0661. The van der Waals surface area contributed by atoms with Gasteiger partial charge in [-0.2, -0.15) is 0 Å². The summed E-state index contributed by atoms with van der Waals surface area (Å²) in [6, 6.07) is 11.6. The molecule has 3 rings (SSSR count). The van der Waals surface area contributed by atoms with Crippen molar-refractivity contribution in [2.45, 2.75) is 0 Å². The van der Waals surface area contributed by atoms with Crippen LogP contribution in [-0.2, 0) is 9.53 Å². The van der Waals surface area contributed by atoms with Crippen LogP contribution in [0, 0.1) is 10.1 Å². The van der Waals surface area contributed by atoms with E-state index in [1.54, 1.807) is 12.1 Å². The number of amides is 2. The average Bonchev–Trinajstić information content (AvgIpc) is 3.17. The van der Waals surface area contributed by atoms with Crippen LogP contribution in [0.15, 0.2) is 52.9 Å². The predicted molar refractivity (Wildman–Crippen MR) is 101 cm³/mol. The lowest BCUT2D eigenvalue weighted by atomic mass is 10.2. The number of carbonyl (C=O) groups is 2. The van der Waals surface area contributed by atoms with Crippen molar-refractivity contribution in [1.82, 2.24) is 10.2 Å². The molecule has 11 heteroatoms. The zero-order valence-electron chi connectivity index (χ0n) is 15.1. The molecule has 2 aromatic carbocycles. The summed E-state index contributed by atoms with van der Waals surface area (Å²) in [5, 5.41) is 23.3. The molecular formula is C18H15N5O6. The van der Waals surface area contributed by atoms with Gasteiger partial charge in [0.15, 0.2) is 0 Å². The predicted octanol–water partition coefficient (Wildman–Crippen LogP) is 2.48. The number of ether oxygens (including phenoxy) is 1. The Hall–Kier alpha value is -4.12. The zero-order chi connectivity index (χ0) is 20.8. The van der Waals surface area contributed by atoms with E-state index in [1.165, 1.54) is 43.5 Å². The van der Waals surface area contributed by atoms with E-state index in [1.807, 2.05) is 0 Å². The molecule has 11 nitrogen and oxygen atoms in total. The van der Waals surface area contributed by atoms with Gasteiger partial charge in [0.25, 0.3) is 11.6 Å². The molecule has 0 saturated carbocycles. The third-order valence-corrected chi connectivity index (χ3v) is 3.68. The molecule has 0 aliphatic carbocycles. The number of nitrogens with zero attached hydrogens (tertiary/aromatic N) is 3. The third-order valence-electron chi connectivity index (χ3n) is 3.68. The summed E-state index contributed by atoms with van der Waals surface area (Å²) in [6.07, 6.45) is 0. The second-order valence-corrected chi connectivity index (χ2v) is 5.73. The summed E-state index contributed by atoms with van der Waals surface area (Å²) >= 11 is 0. The van der Waals surface area contributed by atoms with Gasteiger partial charge in [-0.25, -0.2) is 0 Å². The van der Waals surface area contributed by atoms with Crippen molar-refractivity contribution in [1.29, 1.82) is 0 Å². The number of nitro benzene ring substituents is 1. The standard InChI is InChI=1S/C18H15N5O6/c1-28-10-15(24)19-13-6-2-11(3-7-13)16(25)20-18-22-21-17(29-18)12-4-8-14(9-5-12)23(26)27/h2-9H,10H2,1H3,(H,19,24)(H,20,22,25). The van der Waals surface area contributed by atoms with Crippen LogP contribution in [0.25, 0.3) is 11.5 Å². The van der Waals surface area contributed by atoms with Crippen molar-refractivity contribution in [3.63, 3.8) is 0 Å². The molecular weight excluding hydrogens is 382 g/mol. The highest BCUT2D eigenvalue weighted by Gasteiger charge is 2.14. The van der Waals surface area contributed by atoms with E-state index in [0.717, 1.165) is 0 Å². The van der Waals surface area contributed by atoms with Crippen molar-refractivity contribution >= 4 is 29.2 Å². The Labute approximate surface area is 163 Å². The molecule has 148 valence electrons. The number of hydrogen-bond donors (Lipinski definition) is 2. The molecule has 0 radical (unpaired) electrons.